The number of carbonyl (C=O) groups excluding carboxylic acids is 5. The number of fused-ring (bicyclic) bond motifs is 1. The summed E-state index contributed by atoms with van der Waals surface area (Å²) in [5.41, 5.74) is 2.34. The third-order valence-corrected chi connectivity index (χ3v) is 6.72. The Kier molecular flexibility index (Phi) is 7.42. The van der Waals surface area contributed by atoms with Crippen LogP contribution in [0.2, 0.25) is 0 Å². The Balaban J connectivity index is 1.42. The number of benzene rings is 2. The minimum Gasteiger partial charge on any atom is -0.355 e. The van der Waals surface area contributed by atoms with Crippen molar-refractivity contribution in [2.75, 3.05) is 6.54 Å². The summed E-state index contributed by atoms with van der Waals surface area (Å²) in [4.78, 5) is 63.7. The molecule has 1 fully saturated rings. The summed E-state index contributed by atoms with van der Waals surface area (Å²) >= 11 is 0. The van der Waals surface area contributed by atoms with E-state index in [1.807, 2.05) is 57.2 Å². The standard InChI is InChI=1S/C28H32N4O5/c1-28(2,3)27(37)30-15-21(18-7-5-4-6-8-18)24(34)29-14-17-9-10-20-19(13-17)16-32(26(20)36)22-11-12-23(33)31-25(22)35/h4-10,13,21-22H,11-12,14-16H2,1-3H3,(H,29,34)(H,30,37)(H,31,33,35). The molecule has 194 valence electrons. The van der Waals surface area contributed by atoms with Gasteiger partial charge in [-0.1, -0.05) is 63.2 Å². The molecule has 2 aliphatic heterocycles. The van der Waals surface area contributed by atoms with Crippen LogP contribution in [0.5, 0.6) is 0 Å². The predicted octanol–water partition coefficient (Wildman–Crippen LogP) is 2.01. The van der Waals surface area contributed by atoms with Crippen molar-refractivity contribution < 1.29 is 24.0 Å². The van der Waals surface area contributed by atoms with Crippen molar-refractivity contribution in [3.05, 3.63) is 70.8 Å². The molecule has 2 aliphatic rings. The Labute approximate surface area is 216 Å². The Bertz CT molecular complexity index is 1230. The fourth-order valence-corrected chi connectivity index (χ4v) is 4.56. The van der Waals surface area contributed by atoms with E-state index in [0.29, 0.717) is 12.0 Å². The summed E-state index contributed by atoms with van der Waals surface area (Å²) in [5, 5.41) is 8.15. The maximum Gasteiger partial charge on any atom is 0.255 e. The van der Waals surface area contributed by atoms with E-state index in [1.54, 1.807) is 12.1 Å². The number of hydrogen-bond donors (Lipinski definition) is 3. The summed E-state index contributed by atoms with van der Waals surface area (Å²) < 4.78 is 0. The molecule has 9 nitrogen and oxygen atoms in total. The van der Waals surface area contributed by atoms with E-state index in [-0.39, 0.29) is 49.7 Å². The van der Waals surface area contributed by atoms with Crippen molar-refractivity contribution in [1.82, 2.24) is 20.9 Å². The van der Waals surface area contributed by atoms with Crippen LogP contribution in [-0.4, -0.2) is 47.0 Å². The molecule has 3 N–H and O–H groups in total. The Morgan fingerprint density at radius 2 is 1.78 bits per heavy atom. The van der Waals surface area contributed by atoms with E-state index in [1.165, 1.54) is 4.90 Å². The fourth-order valence-electron chi connectivity index (χ4n) is 4.56. The zero-order valence-electron chi connectivity index (χ0n) is 21.3. The number of amides is 5. The van der Waals surface area contributed by atoms with Crippen LogP contribution in [0.1, 0.15) is 66.6 Å². The molecule has 0 bridgehead atoms. The van der Waals surface area contributed by atoms with Gasteiger partial charge in [0, 0.05) is 37.0 Å². The molecule has 0 aromatic heterocycles. The number of nitrogens with zero attached hydrogens (tertiary/aromatic N) is 1. The summed E-state index contributed by atoms with van der Waals surface area (Å²) in [7, 11) is 0. The highest BCUT2D eigenvalue weighted by Gasteiger charge is 2.39. The van der Waals surface area contributed by atoms with Crippen molar-refractivity contribution >= 4 is 29.5 Å². The van der Waals surface area contributed by atoms with Crippen LogP contribution in [0.4, 0.5) is 0 Å². The molecule has 2 aromatic rings. The van der Waals surface area contributed by atoms with Crippen LogP contribution in [0, 0.1) is 5.41 Å². The minimum atomic E-state index is -0.671. The fraction of sp³-hybridized carbons (Fsp3) is 0.393. The van der Waals surface area contributed by atoms with E-state index in [9.17, 15) is 24.0 Å². The second-order valence-corrected chi connectivity index (χ2v) is 10.5. The van der Waals surface area contributed by atoms with Gasteiger partial charge in [-0.05, 0) is 29.2 Å². The molecule has 0 radical (unpaired) electrons. The maximum atomic E-state index is 13.2. The van der Waals surface area contributed by atoms with Gasteiger partial charge >= 0.3 is 0 Å². The van der Waals surface area contributed by atoms with E-state index < -0.39 is 23.3 Å². The summed E-state index contributed by atoms with van der Waals surface area (Å²) in [6, 6.07) is 14.0. The average Bonchev–Trinajstić information content (AvgIpc) is 3.18. The first-order valence-electron chi connectivity index (χ1n) is 12.4. The van der Waals surface area contributed by atoms with Gasteiger partial charge in [-0.3, -0.25) is 29.3 Å². The van der Waals surface area contributed by atoms with Gasteiger partial charge in [-0.25, -0.2) is 0 Å². The molecule has 2 unspecified atom stereocenters. The van der Waals surface area contributed by atoms with Crippen molar-refractivity contribution in [1.29, 1.82) is 0 Å². The predicted molar refractivity (Wildman–Crippen MR) is 136 cm³/mol. The number of imide groups is 1. The van der Waals surface area contributed by atoms with E-state index >= 15 is 0 Å². The molecule has 37 heavy (non-hydrogen) atoms. The molecule has 2 aromatic carbocycles. The van der Waals surface area contributed by atoms with Crippen molar-refractivity contribution in [2.45, 2.75) is 58.7 Å². The largest absolute Gasteiger partial charge is 0.355 e. The van der Waals surface area contributed by atoms with E-state index in [4.69, 9.17) is 0 Å². The number of carbonyl (C=O) groups is 5. The van der Waals surface area contributed by atoms with Crippen LogP contribution >= 0.6 is 0 Å². The highest BCUT2D eigenvalue weighted by molar-refractivity contribution is 6.05. The molecule has 0 spiro atoms. The average molecular weight is 505 g/mol. The lowest BCUT2D eigenvalue weighted by Crippen LogP contribution is -2.52. The van der Waals surface area contributed by atoms with Crippen LogP contribution in [0.3, 0.4) is 0 Å². The van der Waals surface area contributed by atoms with E-state index in [0.717, 1.165) is 16.7 Å². The Hall–Kier alpha value is -4.01. The summed E-state index contributed by atoms with van der Waals surface area (Å²) in [6.45, 7) is 6.15. The normalized spacial score (nSPS) is 18.2. The second kappa shape index (κ2) is 10.5. The van der Waals surface area contributed by atoms with E-state index in [2.05, 4.69) is 16.0 Å². The highest BCUT2D eigenvalue weighted by Crippen LogP contribution is 2.28. The topological polar surface area (TPSA) is 125 Å². The lowest BCUT2D eigenvalue weighted by molar-refractivity contribution is -0.137. The Morgan fingerprint density at radius 1 is 1.05 bits per heavy atom. The maximum absolute atomic E-state index is 13.2. The first-order valence-corrected chi connectivity index (χ1v) is 12.4. The lowest BCUT2D eigenvalue weighted by Gasteiger charge is -2.29. The molecule has 2 heterocycles. The summed E-state index contributed by atoms with van der Waals surface area (Å²) in [6.07, 6.45) is 0.506. The lowest BCUT2D eigenvalue weighted by atomic mass is 9.94. The monoisotopic (exact) mass is 504 g/mol. The van der Waals surface area contributed by atoms with Crippen molar-refractivity contribution in [3.8, 4) is 0 Å². The van der Waals surface area contributed by atoms with Gasteiger partial charge in [0.15, 0.2) is 0 Å². The van der Waals surface area contributed by atoms with Crippen LogP contribution < -0.4 is 16.0 Å². The molecule has 9 heteroatoms. The molecule has 4 rings (SSSR count). The number of hydrogen-bond acceptors (Lipinski definition) is 5. The van der Waals surface area contributed by atoms with Crippen LogP contribution in [0.25, 0.3) is 0 Å². The summed E-state index contributed by atoms with van der Waals surface area (Å²) in [5.74, 6) is -1.93. The van der Waals surface area contributed by atoms with Gasteiger partial charge in [0.2, 0.25) is 23.6 Å². The third-order valence-electron chi connectivity index (χ3n) is 6.72. The molecule has 0 aliphatic carbocycles. The Morgan fingerprint density at radius 3 is 2.46 bits per heavy atom. The third kappa shape index (κ3) is 5.87. The van der Waals surface area contributed by atoms with Gasteiger partial charge in [0.25, 0.3) is 5.91 Å². The molecular formula is C28H32N4O5. The highest BCUT2D eigenvalue weighted by atomic mass is 16.2. The molecular weight excluding hydrogens is 472 g/mol. The zero-order valence-corrected chi connectivity index (χ0v) is 21.3. The molecule has 5 amide bonds. The molecule has 2 atom stereocenters. The second-order valence-electron chi connectivity index (χ2n) is 10.5. The smallest absolute Gasteiger partial charge is 0.255 e. The van der Waals surface area contributed by atoms with Gasteiger partial charge in [-0.2, -0.15) is 0 Å². The van der Waals surface area contributed by atoms with Gasteiger partial charge < -0.3 is 15.5 Å². The number of rotatable bonds is 7. The minimum absolute atomic E-state index is 0.134. The van der Waals surface area contributed by atoms with Crippen molar-refractivity contribution in [3.63, 3.8) is 0 Å². The van der Waals surface area contributed by atoms with Gasteiger partial charge in [-0.15, -0.1) is 0 Å². The van der Waals surface area contributed by atoms with Crippen molar-refractivity contribution in [2.24, 2.45) is 5.41 Å². The van der Waals surface area contributed by atoms with Crippen LogP contribution in [-0.2, 0) is 32.3 Å². The quantitative estimate of drug-likeness (QED) is 0.498. The number of nitrogens with one attached hydrogen (secondary N) is 3. The SMILES string of the molecule is CC(C)(C)C(=O)NCC(C(=O)NCc1ccc2c(c1)CN(C1CCC(=O)NC1=O)C2=O)c1ccccc1. The number of piperidine rings is 1. The molecule has 0 saturated carbocycles. The molecule has 1 saturated heterocycles. The first-order chi connectivity index (χ1) is 17.5. The van der Waals surface area contributed by atoms with Gasteiger partial charge in [0.1, 0.15) is 6.04 Å². The zero-order chi connectivity index (χ0) is 26.7. The van der Waals surface area contributed by atoms with Crippen LogP contribution in [0.15, 0.2) is 48.5 Å². The first kappa shape index (κ1) is 26.1. The van der Waals surface area contributed by atoms with Gasteiger partial charge in [0.05, 0.1) is 5.92 Å².